The Hall–Kier alpha value is -1.26. The molecule has 4 nitrogen and oxygen atoms in total. The van der Waals surface area contributed by atoms with E-state index in [1.54, 1.807) is 7.11 Å². The molecule has 0 aromatic heterocycles. The average molecular weight is 253 g/mol. The van der Waals surface area contributed by atoms with E-state index in [0.717, 1.165) is 11.5 Å². The average Bonchev–Trinajstić information content (AvgIpc) is 2.38. The SMILES string of the molecule is COc1ccccc1OCCNC(CO)C(C)C. The first-order valence-electron chi connectivity index (χ1n) is 6.29. The van der Waals surface area contributed by atoms with Crippen molar-refractivity contribution in [3.63, 3.8) is 0 Å². The van der Waals surface area contributed by atoms with E-state index in [1.807, 2.05) is 24.3 Å². The third-order valence-electron chi connectivity index (χ3n) is 2.84. The topological polar surface area (TPSA) is 50.7 Å². The number of hydrogen-bond donors (Lipinski definition) is 2. The van der Waals surface area contributed by atoms with E-state index >= 15 is 0 Å². The van der Waals surface area contributed by atoms with E-state index in [9.17, 15) is 5.11 Å². The third kappa shape index (κ3) is 4.55. The zero-order valence-electron chi connectivity index (χ0n) is 11.3. The predicted octanol–water partition coefficient (Wildman–Crippen LogP) is 1.68. The largest absolute Gasteiger partial charge is 0.493 e. The lowest BCUT2D eigenvalue weighted by Crippen LogP contribution is -2.39. The molecule has 1 rings (SSSR count). The van der Waals surface area contributed by atoms with Crippen LogP contribution in [0.4, 0.5) is 0 Å². The van der Waals surface area contributed by atoms with E-state index in [0.29, 0.717) is 19.1 Å². The van der Waals surface area contributed by atoms with Gasteiger partial charge < -0.3 is 19.9 Å². The maximum Gasteiger partial charge on any atom is 0.161 e. The molecule has 0 bridgehead atoms. The molecular formula is C14H23NO3. The molecular weight excluding hydrogens is 230 g/mol. The van der Waals surface area contributed by atoms with Crippen molar-refractivity contribution in [3.05, 3.63) is 24.3 Å². The molecule has 0 fully saturated rings. The van der Waals surface area contributed by atoms with Crippen LogP contribution in [0.15, 0.2) is 24.3 Å². The number of nitrogens with one attached hydrogen (secondary N) is 1. The first-order chi connectivity index (χ1) is 8.69. The van der Waals surface area contributed by atoms with Crippen LogP contribution >= 0.6 is 0 Å². The van der Waals surface area contributed by atoms with Crippen LogP contribution in [-0.4, -0.2) is 38.0 Å². The van der Waals surface area contributed by atoms with Crippen molar-refractivity contribution in [3.8, 4) is 11.5 Å². The van der Waals surface area contributed by atoms with Gasteiger partial charge in [0.25, 0.3) is 0 Å². The van der Waals surface area contributed by atoms with E-state index in [1.165, 1.54) is 0 Å². The van der Waals surface area contributed by atoms with Gasteiger partial charge >= 0.3 is 0 Å². The first kappa shape index (κ1) is 14.8. The Bertz CT molecular complexity index is 342. The van der Waals surface area contributed by atoms with Crippen LogP contribution < -0.4 is 14.8 Å². The zero-order valence-corrected chi connectivity index (χ0v) is 11.3. The number of rotatable bonds is 8. The highest BCUT2D eigenvalue weighted by Crippen LogP contribution is 2.25. The molecule has 102 valence electrons. The highest BCUT2D eigenvalue weighted by molar-refractivity contribution is 5.39. The van der Waals surface area contributed by atoms with E-state index < -0.39 is 0 Å². The van der Waals surface area contributed by atoms with Gasteiger partial charge in [-0.1, -0.05) is 26.0 Å². The summed E-state index contributed by atoms with van der Waals surface area (Å²) in [5, 5.41) is 12.4. The minimum absolute atomic E-state index is 0.117. The third-order valence-corrected chi connectivity index (χ3v) is 2.84. The molecule has 1 unspecified atom stereocenters. The number of aliphatic hydroxyl groups is 1. The van der Waals surface area contributed by atoms with Crippen LogP contribution in [-0.2, 0) is 0 Å². The summed E-state index contributed by atoms with van der Waals surface area (Å²) in [7, 11) is 1.63. The molecule has 0 radical (unpaired) electrons. The summed E-state index contributed by atoms with van der Waals surface area (Å²) in [5.41, 5.74) is 0. The predicted molar refractivity (Wildman–Crippen MR) is 72.2 cm³/mol. The number of hydrogen-bond acceptors (Lipinski definition) is 4. The maximum absolute atomic E-state index is 9.17. The van der Waals surface area contributed by atoms with Crippen molar-refractivity contribution in [2.75, 3.05) is 26.9 Å². The molecule has 0 saturated carbocycles. The fourth-order valence-corrected chi connectivity index (χ4v) is 1.65. The summed E-state index contributed by atoms with van der Waals surface area (Å²) in [4.78, 5) is 0. The van der Waals surface area contributed by atoms with Gasteiger partial charge in [-0.05, 0) is 18.1 Å². The van der Waals surface area contributed by atoms with Gasteiger partial charge in [-0.25, -0.2) is 0 Å². The van der Waals surface area contributed by atoms with Gasteiger partial charge in [-0.15, -0.1) is 0 Å². The van der Waals surface area contributed by atoms with Crippen LogP contribution in [0.1, 0.15) is 13.8 Å². The van der Waals surface area contributed by atoms with Crippen molar-refractivity contribution in [2.45, 2.75) is 19.9 Å². The van der Waals surface area contributed by atoms with E-state index in [4.69, 9.17) is 9.47 Å². The Labute approximate surface area is 109 Å². The Morgan fingerprint density at radius 2 is 1.89 bits per heavy atom. The highest BCUT2D eigenvalue weighted by atomic mass is 16.5. The molecule has 4 heteroatoms. The quantitative estimate of drug-likeness (QED) is 0.692. The van der Waals surface area contributed by atoms with Crippen molar-refractivity contribution < 1.29 is 14.6 Å². The fraction of sp³-hybridized carbons (Fsp3) is 0.571. The summed E-state index contributed by atoms with van der Waals surface area (Å²) in [5.74, 6) is 1.88. The Kier molecular flexibility index (Phi) is 6.54. The van der Waals surface area contributed by atoms with Gasteiger partial charge in [-0.2, -0.15) is 0 Å². The van der Waals surface area contributed by atoms with Crippen LogP contribution in [0.25, 0.3) is 0 Å². The van der Waals surface area contributed by atoms with Gasteiger partial charge in [0.1, 0.15) is 6.61 Å². The summed E-state index contributed by atoms with van der Waals surface area (Å²) in [6, 6.07) is 7.69. The lowest BCUT2D eigenvalue weighted by Gasteiger charge is -2.20. The maximum atomic E-state index is 9.17. The van der Waals surface area contributed by atoms with Crippen molar-refractivity contribution in [1.29, 1.82) is 0 Å². The molecule has 0 amide bonds. The van der Waals surface area contributed by atoms with Crippen molar-refractivity contribution >= 4 is 0 Å². The minimum atomic E-state index is 0.117. The molecule has 0 aliphatic heterocycles. The molecule has 18 heavy (non-hydrogen) atoms. The van der Waals surface area contributed by atoms with Crippen LogP contribution in [0, 0.1) is 5.92 Å². The number of methoxy groups -OCH3 is 1. The monoisotopic (exact) mass is 253 g/mol. The lowest BCUT2D eigenvalue weighted by molar-refractivity contribution is 0.201. The van der Waals surface area contributed by atoms with Gasteiger partial charge in [-0.3, -0.25) is 0 Å². The van der Waals surface area contributed by atoms with Crippen LogP contribution in [0.3, 0.4) is 0 Å². The van der Waals surface area contributed by atoms with E-state index in [2.05, 4.69) is 19.2 Å². The summed E-state index contributed by atoms with van der Waals surface area (Å²) in [6.45, 7) is 5.54. The molecule has 0 spiro atoms. The molecule has 0 saturated heterocycles. The summed E-state index contributed by atoms with van der Waals surface area (Å²) < 4.78 is 10.8. The van der Waals surface area contributed by atoms with Gasteiger partial charge in [0.15, 0.2) is 11.5 Å². The second-order valence-electron chi connectivity index (χ2n) is 4.49. The minimum Gasteiger partial charge on any atom is -0.493 e. The number of benzene rings is 1. The van der Waals surface area contributed by atoms with Gasteiger partial charge in [0, 0.05) is 12.6 Å². The van der Waals surface area contributed by atoms with E-state index in [-0.39, 0.29) is 12.6 Å². The second-order valence-corrected chi connectivity index (χ2v) is 4.49. The standard InChI is InChI=1S/C14H23NO3/c1-11(2)12(10-16)15-8-9-18-14-7-5-4-6-13(14)17-3/h4-7,11-12,15-16H,8-10H2,1-3H3. The molecule has 1 aromatic carbocycles. The fourth-order valence-electron chi connectivity index (χ4n) is 1.65. The number of ether oxygens (including phenoxy) is 2. The highest BCUT2D eigenvalue weighted by Gasteiger charge is 2.10. The van der Waals surface area contributed by atoms with Crippen molar-refractivity contribution in [2.24, 2.45) is 5.92 Å². The zero-order chi connectivity index (χ0) is 13.4. The summed E-state index contributed by atoms with van der Waals surface area (Å²) in [6.07, 6.45) is 0. The molecule has 2 N–H and O–H groups in total. The Morgan fingerprint density at radius 3 is 2.44 bits per heavy atom. The van der Waals surface area contributed by atoms with Gasteiger partial charge in [0.2, 0.25) is 0 Å². The van der Waals surface area contributed by atoms with Crippen molar-refractivity contribution in [1.82, 2.24) is 5.32 Å². The molecule has 0 aliphatic carbocycles. The number of para-hydroxylation sites is 2. The molecule has 0 aliphatic rings. The molecule has 0 heterocycles. The Balaban J connectivity index is 2.33. The van der Waals surface area contributed by atoms with Gasteiger partial charge in [0.05, 0.1) is 13.7 Å². The first-order valence-corrected chi connectivity index (χ1v) is 6.29. The molecule has 1 atom stereocenters. The Morgan fingerprint density at radius 1 is 1.22 bits per heavy atom. The molecule has 1 aromatic rings. The summed E-state index contributed by atoms with van der Waals surface area (Å²) >= 11 is 0. The van der Waals surface area contributed by atoms with Crippen LogP contribution in [0.5, 0.6) is 11.5 Å². The number of aliphatic hydroxyl groups excluding tert-OH is 1. The second kappa shape index (κ2) is 7.95. The smallest absolute Gasteiger partial charge is 0.161 e. The van der Waals surface area contributed by atoms with Crippen LogP contribution in [0.2, 0.25) is 0 Å². The normalized spacial score (nSPS) is 12.5. The lowest BCUT2D eigenvalue weighted by atomic mass is 10.1.